The molecule has 1 aromatic rings. The van der Waals surface area contributed by atoms with E-state index < -0.39 is 0 Å². The summed E-state index contributed by atoms with van der Waals surface area (Å²) in [7, 11) is 3.52. The predicted molar refractivity (Wildman–Crippen MR) is 84.6 cm³/mol. The zero-order valence-electron chi connectivity index (χ0n) is 13.7. The molecule has 2 unspecified atom stereocenters. The van der Waals surface area contributed by atoms with Crippen molar-refractivity contribution >= 4 is 0 Å². The summed E-state index contributed by atoms with van der Waals surface area (Å²) in [5.41, 5.74) is 2.31. The molecule has 1 aromatic carbocycles. The van der Waals surface area contributed by atoms with E-state index in [9.17, 15) is 0 Å². The molecule has 0 saturated carbocycles. The number of nitrogens with one attached hydrogen (secondary N) is 1. The quantitative estimate of drug-likeness (QED) is 0.791. The maximum Gasteiger partial charge on any atom is 0.122 e. The Morgan fingerprint density at radius 3 is 2.45 bits per heavy atom. The molecule has 0 heterocycles. The first-order valence-electron chi connectivity index (χ1n) is 7.42. The molecular weight excluding hydrogens is 250 g/mol. The number of rotatable bonds is 8. The van der Waals surface area contributed by atoms with Crippen molar-refractivity contribution in [2.24, 2.45) is 0 Å². The zero-order valence-corrected chi connectivity index (χ0v) is 13.7. The molecule has 0 fully saturated rings. The minimum absolute atomic E-state index is 0.176. The third kappa shape index (κ3) is 3.97. The van der Waals surface area contributed by atoms with Gasteiger partial charge in [0.25, 0.3) is 0 Å². The Labute approximate surface area is 123 Å². The van der Waals surface area contributed by atoms with Gasteiger partial charge in [0.05, 0.1) is 12.7 Å². The van der Waals surface area contributed by atoms with Crippen LogP contribution in [0.25, 0.3) is 0 Å². The van der Waals surface area contributed by atoms with E-state index >= 15 is 0 Å². The average molecular weight is 279 g/mol. The molecular formula is C17H29NO2. The van der Waals surface area contributed by atoms with Crippen LogP contribution in [0.2, 0.25) is 0 Å². The fourth-order valence-electron chi connectivity index (χ4n) is 2.57. The molecule has 1 N–H and O–H groups in total. The molecule has 0 aromatic heterocycles. The standard InChI is InChI=1S/C17H29NO2/c1-7-17(4,20-6)16(18-8-2)12-14-11-13(3)9-10-15(14)19-5/h9-11,16,18H,7-8,12H2,1-6H3. The van der Waals surface area contributed by atoms with Crippen LogP contribution in [-0.4, -0.2) is 32.4 Å². The van der Waals surface area contributed by atoms with Crippen molar-refractivity contribution in [3.05, 3.63) is 29.3 Å². The van der Waals surface area contributed by atoms with E-state index in [1.54, 1.807) is 14.2 Å². The topological polar surface area (TPSA) is 30.5 Å². The maximum atomic E-state index is 5.77. The lowest BCUT2D eigenvalue weighted by atomic mass is 9.87. The molecule has 0 bridgehead atoms. The molecule has 0 saturated heterocycles. The molecule has 114 valence electrons. The predicted octanol–water partition coefficient (Wildman–Crippen LogP) is 3.34. The van der Waals surface area contributed by atoms with Gasteiger partial charge in [0, 0.05) is 13.2 Å². The summed E-state index contributed by atoms with van der Waals surface area (Å²) in [5, 5.41) is 3.56. The summed E-state index contributed by atoms with van der Waals surface area (Å²) in [4.78, 5) is 0. The smallest absolute Gasteiger partial charge is 0.122 e. The van der Waals surface area contributed by atoms with Gasteiger partial charge in [-0.1, -0.05) is 31.5 Å². The van der Waals surface area contributed by atoms with Crippen LogP contribution in [0, 0.1) is 6.92 Å². The highest BCUT2D eigenvalue weighted by Crippen LogP contribution is 2.27. The molecule has 20 heavy (non-hydrogen) atoms. The van der Waals surface area contributed by atoms with Crippen molar-refractivity contribution in [2.45, 2.75) is 52.2 Å². The lowest BCUT2D eigenvalue weighted by Crippen LogP contribution is -2.51. The first-order chi connectivity index (χ1) is 9.50. The summed E-state index contributed by atoms with van der Waals surface area (Å²) in [6, 6.07) is 6.59. The highest BCUT2D eigenvalue weighted by molar-refractivity contribution is 5.37. The van der Waals surface area contributed by atoms with Gasteiger partial charge in [0.2, 0.25) is 0 Å². The monoisotopic (exact) mass is 279 g/mol. The van der Waals surface area contributed by atoms with Crippen LogP contribution in [0.15, 0.2) is 18.2 Å². The molecule has 0 aliphatic heterocycles. The molecule has 2 atom stereocenters. The van der Waals surface area contributed by atoms with Gasteiger partial charge in [0.1, 0.15) is 5.75 Å². The summed E-state index contributed by atoms with van der Waals surface area (Å²) in [6.07, 6.45) is 1.87. The molecule has 3 nitrogen and oxygen atoms in total. The van der Waals surface area contributed by atoms with Crippen LogP contribution in [-0.2, 0) is 11.2 Å². The third-order valence-corrected chi connectivity index (χ3v) is 4.22. The second-order valence-electron chi connectivity index (χ2n) is 5.50. The lowest BCUT2D eigenvalue weighted by molar-refractivity contribution is -0.0284. The van der Waals surface area contributed by atoms with Crippen molar-refractivity contribution < 1.29 is 9.47 Å². The maximum absolute atomic E-state index is 5.77. The number of hydrogen-bond acceptors (Lipinski definition) is 3. The van der Waals surface area contributed by atoms with E-state index in [-0.39, 0.29) is 11.6 Å². The Bertz CT molecular complexity index is 413. The number of hydrogen-bond donors (Lipinski definition) is 1. The summed E-state index contributed by atoms with van der Waals surface area (Å²) in [6.45, 7) is 9.51. The average Bonchev–Trinajstić information content (AvgIpc) is 2.46. The number of likely N-dealkylation sites (N-methyl/N-ethyl adjacent to an activating group) is 1. The first kappa shape index (κ1) is 17.0. The van der Waals surface area contributed by atoms with Gasteiger partial charge in [0.15, 0.2) is 0 Å². The molecule has 0 amide bonds. The van der Waals surface area contributed by atoms with E-state index in [1.165, 1.54) is 11.1 Å². The largest absolute Gasteiger partial charge is 0.496 e. The summed E-state index contributed by atoms with van der Waals surface area (Å²) < 4.78 is 11.3. The van der Waals surface area contributed by atoms with Gasteiger partial charge in [-0.15, -0.1) is 0 Å². The van der Waals surface area contributed by atoms with Crippen molar-refractivity contribution in [1.29, 1.82) is 0 Å². The number of aryl methyl sites for hydroxylation is 1. The van der Waals surface area contributed by atoms with Crippen molar-refractivity contribution in [3.63, 3.8) is 0 Å². The van der Waals surface area contributed by atoms with E-state index in [4.69, 9.17) is 9.47 Å². The number of ether oxygens (including phenoxy) is 2. The Kier molecular flexibility index (Phi) is 6.50. The van der Waals surface area contributed by atoms with Crippen LogP contribution in [0.1, 0.15) is 38.3 Å². The SMILES string of the molecule is CCNC(Cc1cc(C)ccc1OC)C(C)(CC)OC. The normalized spacial score (nSPS) is 15.7. The minimum atomic E-state index is -0.176. The molecule has 0 spiro atoms. The van der Waals surface area contributed by atoms with Crippen molar-refractivity contribution in [2.75, 3.05) is 20.8 Å². The fraction of sp³-hybridized carbons (Fsp3) is 0.647. The summed E-state index contributed by atoms with van der Waals surface area (Å²) in [5.74, 6) is 0.952. The molecule has 0 aliphatic rings. The fourth-order valence-corrected chi connectivity index (χ4v) is 2.57. The first-order valence-corrected chi connectivity index (χ1v) is 7.42. The van der Waals surface area contributed by atoms with Crippen LogP contribution >= 0.6 is 0 Å². The second-order valence-corrected chi connectivity index (χ2v) is 5.50. The zero-order chi connectivity index (χ0) is 15.2. The highest BCUT2D eigenvalue weighted by atomic mass is 16.5. The van der Waals surface area contributed by atoms with Crippen LogP contribution in [0.4, 0.5) is 0 Å². The number of benzene rings is 1. The summed E-state index contributed by atoms with van der Waals surface area (Å²) >= 11 is 0. The van der Waals surface area contributed by atoms with Gasteiger partial charge in [-0.25, -0.2) is 0 Å². The van der Waals surface area contributed by atoms with Crippen molar-refractivity contribution in [1.82, 2.24) is 5.32 Å². The van der Waals surface area contributed by atoms with Crippen LogP contribution in [0.5, 0.6) is 5.75 Å². The van der Waals surface area contributed by atoms with Gasteiger partial charge in [-0.05, 0) is 44.9 Å². The van der Waals surface area contributed by atoms with Gasteiger partial charge in [-0.3, -0.25) is 0 Å². The second kappa shape index (κ2) is 7.65. The van der Waals surface area contributed by atoms with Gasteiger partial charge >= 0.3 is 0 Å². The van der Waals surface area contributed by atoms with Crippen molar-refractivity contribution in [3.8, 4) is 5.75 Å². The Balaban J connectivity index is 3.04. The van der Waals surface area contributed by atoms with Gasteiger partial charge in [-0.2, -0.15) is 0 Å². The third-order valence-electron chi connectivity index (χ3n) is 4.22. The molecule has 0 radical (unpaired) electrons. The molecule has 0 aliphatic carbocycles. The lowest BCUT2D eigenvalue weighted by Gasteiger charge is -2.36. The van der Waals surface area contributed by atoms with E-state index in [0.717, 1.165) is 25.1 Å². The van der Waals surface area contributed by atoms with Crippen LogP contribution in [0.3, 0.4) is 0 Å². The Morgan fingerprint density at radius 1 is 1.25 bits per heavy atom. The van der Waals surface area contributed by atoms with Crippen LogP contribution < -0.4 is 10.1 Å². The van der Waals surface area contributed by atoms with E-state index in [2.05, 4.69) is 45.1 Å². The Morgan fingerprint density at radius 2 is 1.95 bits per heavy atom. The molecule has 3 heteroatoms. The van der Waals surface area contributed by atoms with Gasteiger partial charge < -0.3 is 14.8 Å². The van der Waals surface area contributed by atoms with E-state index in [0.29, 0.717) is 0 Å². The molecule has 1 rings (SSSR count). The van der Waals surface area contributed by atoms with E-state index in [1.807, 2.05) is 6.07 Å². The minimum Gasteiger partial charge on any atom is -0.496 e. The number of methoxy groups -OCH3 is 2. The highest BCUT2D eigenvalue weighted by Gasteiger charge is 2.32. The Hall–Kier alpha value is -1.06.